The molecular formula is C15H12FN3O2. The van der Waals surface area contributed by atoms with E-state index in [-0.39, 0.29) is 23.8 Å². The summed E-state index contributed by atoms with van der Waals surface area (Å²) in [6, 6.07) is 7.23. The number of halogens is 1. The molecular weight excluding hydrogens is 273 g/mol. The number of rotatable bonds is 3. The van der Waals surface area contributed by atoms with Crippen molar-refractivity contribution in [1.82, 2.24) is 9.97 Å². The molecule has 0 aliphatic carbocycles. The highest BCUT2D eigenvalue weighted by molar-refractivity contribution is 5.95. The molecule has 0 saturated heterocycles. The summed E-state index contributed by atoms with van der Waals surface area (Å²) in [6.07, 6.45) is 3.48. The number of anilines is 1. The summed E-state index contributed by atoms with van der Waals surface area (Å²) in [5, 5.41) is 12.5. The zero-order chi connectivity index (χ0) is 14.8. The Bertz CT molecular complexity index is 814. The summed E-state index contributed by atoms with van der Waals surface area (Å²) < 4.78 is 13.6. The van der Waals surface area contributed by atoms with E-state index in [1.807, 2.05) is 6.07 Å². The molecule has 21 heavy (non-hydrogen) atoms. The zero-order valence-corrected chi connectivity index (χ0v) is 10.9. The Morgan fingerprint density at radius 3 is 3.05 bits per heavy atom. The van der Waals surface area contributed by atoms with Gasteiger partial charge in [-0.2, -0.15) is 0 Å². The second-order valence-electron chi connectivity index (χ2n) is 4.60. The fraction of sp³-hybridized carbons (Fsp3) is 0.0667. The lowest BCUT2D eigenvalue weighted by molar-refractivity contribution is -0.115. The van der Waals surface area contributed by atoms with Gasteiger partial charge in [0.1, 0.15) is 17.2 Å². The van der Waals surface area contributed by atoms with Crippen molar-refractivity contribution in [2.24, 2.45) is 0 Å². The topological polar surface area (TPSA) is 78.0 Å². The number of benzene rings is 1. The molecule has 0 saturated carbocycles. The zero-order valence-electron chi connectivity index (χ0n) is 10.9. The van der Waals surface area contributed by atoms with Gasteiger partial charge in [0.2, 0.25) is 5.91 Å². The van der Waals surface area contributed by atoms with Crippen molar-refractivity contribution < 1.29 is 14.3 Å². The maximum Gasteiger partial charge on any atom is 0.228 e. The number of nitrogens with zero attached hydrogens (tertiary/aromatic N) is 1. The lowest BCUT2D eigenvalue weighted by Gasteiger charge is -2.06. The third-order valence-corrected chi connectivity index (χ3v) is 3.11. The minimum atomic E-state index is -0.677. The lowest BCUT2D eigenvalue weighted by atomic mass is 10.1. The highest BCUT2D eigenvalue weighted by Crippen LogP contribution is 2.20. The molecule has 0 atom stereocenters. The van der Waals surface area contributed by atoms with Crippen LogP contribution in [0.5, 0.6) is 5.75 Å². The Labute approximate surface area is 119 Å². The van der Waals surface area contributed by atoms with Crippen molar-refractivity contribution in [3.05, 3.63) is 54.1 Å². The van der Waals surface area contributed by atoms with Gasteiger partial charge in [0.15, 0.2) is 0 Å². The molecule has 0 aliphatic heterocycles. The quantitative estimate of drug-likeness (QED) is 0.647. The first kappa shape index (κ1) is 13.1. The first-order valence-corrected chi connectivity index (χ1v) is 6.33. The average Bonchev–Trinajstić information content (AvgIpc) is 2.85. The van der Waals surface area contributed by atoms with Crippen LogP contribution in [0.4, 0.5) is 10.1 Å². The Morgan fingerprint density at radius 1 is 1.38 bits per heavy atom. The molecule has 0 aliphatic rings. The number of phenolic OH excluding ortho intramolecular Hbond substituents is 1. The minimum Gasteiger partial charge on any atom is -0.508 e. The number of carbonyl (C=O) groups is 1. The lowest BCUT2D eigenvalue weighted by Crippen LogP contribution is -2.15. The van der Waals surface area contributed by atoms with Crippen LogP contribution in [0, 0.1) is 5.82 Å². The summed E-state index contributed by atoms with van der Waals surface area (Å²) in [6.45, 7) is 0. The fourth-order valence-corrected chi connectivity index (χ4v) is 2.13. The second-order valence-corrected chi connectivity index (χ2v) is 4.60. The van der Waals surface area contributed by atoms with E-state index in [2.05, 4.69) is 15.3 Å². The number of aromatic nitrogens is 2. The number of nitrogens with one attached hydrogen (secondary N) is 2. The van der Waals surface area contributed by atoms with Gasteiger partial charge >= 0.3 is 0 Å². The van der Waals surface area contributed by atoms with E-state index in [0.29, 0.717) is 5.65 Å². The van der Waals surface area contributed by atoms with Crippen LogP contribution in [0.25, 0.3) is 11.0 Å². The van der Waals surface area contributed by atoms with Gasteiger partial charge in [0, 0.05) is 23.8 Å². The number of pyridine rings is 1. The summed E-state index contributed by atoms with van der Waals surface area (Å²) in [5.74, 6) is -1.21. The smallest absolute Gasteiger partial charge is 0.228 e. The van der Waals surface area contributed by atoms with Crippen LogP contribution in [0.1, 0.15) is 5.56 Å². The molecule has 1 aromatic carbocycles. The molecule has 2 heterocycles. The third-order valence-electron chi connectivity index (χ3n) is 3.11. The average molecular weight is 285 g/mol. The minimum absolute atomic E-state index is 0.0377. The molecule has 5 nitrogen and oxygen atoms in total. The number of phenols is 1. The van der Waals surface area contributed by atoms with Crippen molar-refractivity contribution in [3.8, 4) is 5.75 Å². The monoisotopic (exact) mass is 285 g/mol. The normalized spacial score (nSPS) is 10.7. The third kappa shape index (κ3) is 2.69. The molecule has 3 N–H and O–H groups in total. The predicted molar refractivity (Wildman–Crippen MR) is 76.5 cm³/mol. The standard InChI is InChI=1S/C15H12FN3O2/c16-12-7-10(20)3-4-13(12)19-14(21)6-9-8-18-15-11(9)2-1-5-17-15/h1-5,7-8,20H,6H2,(H,17,18)(H,19,21). The van der Waals surface area contributed by atoms with E-state index >= 15 is 0 Å². The van der Waals surface area contributed by atoms with Gasteiger partial charge in [-0.15, -0.1) is 0 Å². The molecule has 3 rings (SSSR count). The maximum absolute atomic E-state index is 13.6. The maximum atomic E-state index is 13.6. The number of amides is 1. The number of aromatic amines is 1. The van der Waals surface area contributed by atoms with Gasteiger partial charge in [-0.3, -0.25) is 4.79 Å². The highest BCUT2D eigenvalue weighted by atomic mass is 19.1. The fourth-order valence-electron chi connectivity index (χ4n) is 2.13. The van der Waals surface area contributed by atoms with Crippen LogP contribution in [0.3, 0.4) is 0 Å². The SMILES string of the molecule is O=C(Cc1c[nH]c2ncccc12)Nc1ccc(O)cc1F. The highest BCUT2D eigenvalue weighted by Gasteiger charge is 2.11. The molecule has 6 heteroatoms. The molecule has 0 bridgehead atoms. The first-order chi connectivity index (χ1) is 10.1. The largest absolute Gasteiger partial charge is 0.508 e. The number of fused-ring (bicyclic) bond motifs is 1. The Kier molecular flexibility index (Phi) is 3.27. The number of carbonyl (C=O) groups excluding carboxylic acids is 1. The number of aromatic hydroxyl groups is 1. The van der Waals surface area contributed by atoms with E-state index < -0.39 is 5.82 Å². The summed E-state index contributed by atoms with van der Waals surface area (Å²) in [5.41, 5.74) is 1.53. The molecule has 0 unspecified atom stereocenters. The second kappa shape index (κ2) is 5.24. The van der Waals surface area contributed by atoms with E-state index in [1.54, 1.807) is 18.5 Å². The Morgan fingerprint density at radius 2 is 2.24 bits per heavy atom. The Balaban J connectivity index is 1.77. The van der Waals surface area contributed by atoms with Crippen molar-refractivity contribution in [2.75, 3.05) is 5.32 Å². The Hall–Kier alpha value is -2.89. The number of hydrogen-bond donors (Lipinski definition) is 3. The molecule has 1 amide bonds. The molecule has 106 valence electrons. The van der Waals surface area contributed by atoms with E-state index in [1.165, 1.54) is 12.1 Å². The van der Waals surface area contributed by atoms with E-state index in [9.17, 15) is 9.18 Å². The van der Waals surface area contributed by atoms with Crippen LogP contribution >= 0.6 is 0 Å². The van der Waals surface area contributed by atoms with Crippen molar-refractivity contribution in [3.63, 3.8) is 0 Å². The number of H-pyrrole nitrogens is 1. The van der Waals surface area contributed by atoms with Crippen LogP contribution in [-0.4, -0.2) is 21.0 Å². The molecule has 0 spiro atoms. The van der Waals surface area contributed by atoms with Gasteiger partial charge in [0.25, 0.3) is 0 Å². The van der Waals surface area contributed by atoms with E-state index in [0.717, 1.165) is 17.0 Å². The first-order valence-electron chi connectivity index (χ1n) is 6.33. The van der Waals surface area contributed by atoms with E-state index in [4.69, 9.17) is 5.11 Å². The van der Waals surface area contributed by atoms with Gasteiger partial charge in [-0.1, -0.05) is 0 Å². The van der Waals surface area contributed by atoms with Crippen LogP contribution in [-0.2, 0) is 11.2 Å². The molecule has 0 radical (unpaired) electrons. The van der Waals surface area contributed by atoms with Crippen molar-refractivity contribution >= 4 is 22.6 Å². The van der Waals surface area contributed by atoms with Gasteiger partial charge in [0.05, 0.1) is 12.1 Å². The van der Waals surface area contributed by atoms with Crippen molar-refractivity contribution in [1.29, 1.82) is 0 Å². The summed E-state index contributed by atoms with van der Waals surface area (Å²) in [7, 11) is 0. The summed E-state index contributed by atoms with van der Waals surface area (Å²) >= 11 is 0. The van der Waals surface area contributed by atoms with Gasteiger partial charge in [-0.05, 0) is 29.8 Å². The van der Waals surface area contributed by atoms with Gasteiger partial charge in [-0.25, -0.2) is 9.37 Å². The van der Waals surface area contributed by atoms with Crippen LogP contribution in [0.2, 0.25) is 0 Å². The van der Waals surface area contributed by atoms with Crippen LogP contribution < -0.4 is 5.32 Å². The molecule has 2 aromatic heterocycles. The molecule has 3 aromatic rings. The van der Waals surface area contributed by atoms with Crippen LogP contribution in [0.15, 0.2) is 42.7 Å². The summed E-state index contributed by atoms with van der Waals surface area (Å²) in [4.78, 5) is 19.1. The van der Waals surface area contributed by atoms with Gasteiger partial charge < -0.3 is 15.4 Å². The predicted octanol–water partition coefficient (Wildman–Crippen LogP) is 2.59. The van der Waals surface area contributed by atoms with Crippen molar-refractivity contribution in [2.45, 2.75) is 6.42 Å². The number of hydrogen-bond acceptors (Lipinski definition) is 3. The molecule has 0 fully saturated rings.